The molecule has 0 saturated heterocycles. The minimum absolute atomic E-state index is 0.0218. The van der Waals surface area contributed by atoms with Crippen LogP contribution in [0.25, 0.3) is 11.1 Å². The Hall–Kier alpha value is -4.68. The second kappa shape index (κ2) is 10.4. The third kappa shape index (κ3) is 4.82. The molecule has 1 N–H and O–H groups in total. The van der Waals surface area contributed by atoms with Crippen molar-refractivity contribution in [2.75, 3.05) is 10.2 Å². The molecule has 0 aromatic heterocycles. The van der Waals surface area contributed by atoms with Crippen LogP contribution in [0.4, 0.5) is 11.4 Å². The highest BCUT2D eigenvalue weighted by atomic mass is 35.5. The molecule has 188 valence electrons. The van der Waals surface area contributed by atoms with Gasteiger partial charge in [-0.3, -0.25) is 9.59 Å². The maximum Gasteiger partial charge on any atom is 0.343 e. The molecular formula is C31H23ClN2O4. The van der Waals surface area contributed by atoms with Gasteiger partial charge in [0.15, 0.2) is 0 Å². The lowest BCUT2D eigenvalue weighted by atomic mass is 10.1. The van der Waals surface area contributed by atoms with E-state index in [-0.39, 0.29) is 10.7 Å². The fourth-order valence-corrected chi connectivity index (χ4v) is 4.37. The van der Waals surface area contributed by atoms with E-state index in [1.165, 1.54) is 0 Å². The second-order valence-electron chi connectivity index (χ2n) is 8.84. The zero-order valence-electron chi connectivity index (χ0n) is 20.7. The number of hydrogen-bond acceptors (Lipinski definition) is 5. The zero-order chi connectivity index (χ0) is 26.8. The smallest absolute Gasteiger partial charge is 0.343 e. The van der Waals surface area contributed by atoms with Crippen molar-refractivity contribution in [2.24, 2.45) is 0 Å². The third-order valence-corrected chi connectivity index (χ3v) is 6.76. The second-order valence-corrected chi connectivity index (χ2v) is 9.21. The monoisotopic (exact) mass is 522 g/mol. The van der Waals surface area contributed by atoms with Crippen LogP contribution in [0, 0.1) is 13.8 Å². The first-order valence-corrected chi connectivity index (χ1v) is 12.3. The fraction of sp³-hybridized carbons (Fsp3) is 0.0645. The van der Waals surface area contributed by atoms with Crippen LogP contribution < -0.4 is 15.0 Å². The molecular weight excluding hydrogens is 500 g/mol. The van der Waals surface area contributed by atoms with E-state index in [4.69, 9.17) is 16.3 Å². The summed E-state index contributed by atoms with van der Waals surface area (Å²) in [4.78, 5) is 39.7. The average molecular weight is 523 g/mol. The molecule has 0 fully saturated rings. The summed E-state index contributed by atoms with van der Waals surface area (Å²) in [6.45, 7) is 3.75. The molecule has 0 bridgehead atoms. The van der Waals surface area contributed by atoms with Crippen LogP contribution in [0.5, 0.6) is 5.75 Å². The SMILES string of the molecule is Cc1cccc(N2C(=O)C(Cl)=C(Nc3ccc(C(=O)Oc4ccc(-c5ccccc5)cc4)cc3)C2=O)c1C. The standard InChI is InChI=1S/C31H23ClN2O4/c1-19-7-6-10-26(20(19)2)34-29(35)27(32)28(30(34)36)33-24-15-11-23(12-16-24)31(37)38-25-17-13-22(14-18-25)21-8-4-3-5-9-21/h3-18,33H,1-2H3. The zero-order valence-corrected chi connectivity index (χ0v) is 21.5. The Bertz CT molecular complexity index is 1580. The number of amides is 2. The number of hydrogen-bond donors (Lipinski definition) is 1. The van der Waals surface area contributed by atoms with Crippen molar-refractivity contribution in [1.29, 1.82) is 0 Å². The summed E-state index contributed by atoms with van der Waals surface area (Å²) >= 11 is 6.26. The number of rotatable bonds is 6. The van der Waals surface area contributed by atoms with Crippen LogP contribution >= 0.6 is 11.6 Å². The van der Waals surface area contributed by atoms with Gasteiger partial charge in [-0.1, -0.05) is 66.2 Å². The normalized spacial score (nSPS) is 13.2. The van der Waals surface area contributed by atoms with E-state index in [2.05, 4.69) is 5.32 Å². The van der Waals surface area contributed by atoms with Crippen LogP contribution in [0.1, 0.15) is 21.5 Å². The van der Waals surface area contributed by atoms with Gasteiger partial charge >= 0.3 is 5.97 Å². The number of aryl methyl sites for hydroxylation is 1. The van der Waals surface area contributed by atoms with Crippen LogP contribution in [0.15, 0.2) is 108 Å². The van der Waals surface area contributed by atoms with E-state index in [0.717, 1.165) is 27.2 Å². The molecule has 0 atom stereocenters. The Balaban J connectivity index is 1.26. The Morgan fingerprint density at radius 2 is 1.42 bits per heavy atom. The van der Waals surface area contributed by atoms with Gasteiger partial charge in [0.2, 0.25) is 0 Å². The van der Waals surface area contributed by atoms with Crippen molar-refractivity contribution in [3.63, 3.8) is 0 Å². The molecule has 4 aromatic carbocycles. The number of carbonyl (C=O) groups excluding carboxylic acids is 3. The molecule has 4 aromatic rings. The van der Waals surface area contributed by atoms with Gasteiger partial charge in [0.05, 0.1) is 11.3 Å². The molecule has 1 aliphatic heterocycles. The minimum Gasteiger partial charge on any atom is -0.423 e. The Labute approximate surface area is 225 Å². The molecule has 0 spiro atoms. The first kappa shape index (κ1) is 25.0. The predicted octanol–water partition coefficient (Wildman–Crippen LogP) is 6.63. The Morgan fingerprint density at radius 1 is 0.763 bits per heavy atom. The van der Waals surface area contributed by atoms with E-state index in [1.807, 2.05) is 62.4 Å². The summed E-state index contributed by atoms with van der Waals surface area (Å²) in [6, 6.07) is 29.0. The summed E-state index contributed by atoms with van der Waals surface area (Å²) in [6.07, 6.45) is 0. The van der Waals surface area contributed by atoms with Crippen LogP contribution in [0.3, 0.4) is 0 Å². The van der Waals surface area contributed by atoms with Gasteiger partial charge in [0.1, 0.15) is 16.5 Å². The van der Waals surface area contributed by atoms with Crippen LogP contribution in [-0.4, -0.2) is 17.8 Å². The summed E-state index contributed by atoms with van der Waals surface area (Å²) in [5.74, 6) is -1.23. The Kier molecular flexibility index (Phi) is 6.81. The van der Waals surface area contributed by atoms with Gasteiger partial charge in [-0.2, -0.15) is 0 Å². The molecule has 0 aliphatic carbocycles. The first-order chi connectivity index (χ1) is 18.3. The van der Waals surface area contributed by atoms with E-state index < -0.39 is 17.8 Å². The number of imide groups is 1. The molecule has 1 aliphatic rings. The molecule has 38 heavy (non-hydrogen) atoms. The molecule has 6 nitrogen and oxygen atoms in total. The molecule has 0 radical (unpaired) electrons. The number of nitrogens with one attached hydrogen (secondary N) is 1. The number of anilines is 2. The quantitative estimate of drug-likeness (QED) is 0.175. The number of ether oxygens (including phenoxy) is 1. The van der Waals surface area contributed by atoms with Crippen LogP contribution in [0.2, 0.25) is 0 Å². The average Bonchev–Trinajstić information content (AvgIpc) is 3.14. The van der Waals surface area contributed by atoms with E-state index in [1.54, 1.807) is 48.5 Å². The van der Waals surface area contributed by atoms with Gasteiger partial charge in [-0.05, 0) is 78.6 Å². The van der Waals surface area contributed by atoms with E-state index >= 15 is 0 Å². The highest BCUT2D eigenvalue weighted by Crippen LogP contribution is 2.33. The van der Waals surface area contributed by atoms with Crippen molar-refractivity contribution < 1.29 is 19.1 Å². The van der Waals surface area contributed by atoms with E-state index in [9.17, 15) is 14.4 Å². The van der Waals surface area contributed by atoms with Gasteiger partial charge in [0.25, 0.3) is 11.8 Å². The van der Waals surface area contributed by atoms with Gasteiger partial charge in [0, 0.05) is 5.69 Å². The summed E-state index contributed by atoms with van der Waals surface area (Å²) in [7, 11) is 0. The number of carbonyl (C=O) groups is 3. The molecule has 1 heterocycles. The topological polar surface area (TPSA) is 75.7 Å². The molecule has 0 saturated carbocycles. The number of halogens is 1. The van der Waals surface area contributed by atoms with Crippen molar-refractivity contribution in [1.82, 2.24) is 0 Å². The van der Waals surface area contributed by atoms with Crippen molar-refractivity contribution in [3.8, 4) is 16.9 Å². The molecule has 0 unspecified atom stereocenters. The molecule has 2 amide bonds. The number of nitrogens with zero attached hydrogens (tertiary/aromatic N) is 1. The third-order valence-electron chi connectivity index (χ3n) is 6.41. The van der Waals surface area contributed by atoms with E-state index in [0.29, 0.717) is 22.7 Å². The molecule has 7 heteroatoms. The lowest BCUT2D eigenvalue weighted by Gasteiger charge is -2.18. The number of benzene rings is 4. The van der Waals surface area contributed by atoms with Gasteiger partial charge in [-0.15, -0.1) is 0 Å². The van der Waals surface area contributed by atoms with Crippen molar-refractivity contribution in [2.45, 2.75) is 13.8 Å². The minimum atomic E-state index is -0.591. The summed E-state index contributed by atoms with van der Waals surface area (Å²) < 4.78 is 5.50. The first-order valence-electron chi connectivity index (χ1n) is 11.9. The van der Waals surface area contributed by atoms with Crippen molar-refractivity contribution in [3.05, 3.63) is 124 Å². The largest absolute Gasteiger partial charge is 0.423 e. The predicted molar refractivity (Wildman–Crippen MR) is 148 cm³/mol. The molecule has 5 rings (SSSR count). The highest BCUT2D eigenvalue weighted by molar-refractivity contribution is 6.53. The van der Waals surface area contributed by atoms with Gasteiger partial charge < -0.3 is 10.1 Å². The summed E-state index contributed by atoms with van der Waals surface area (Å²) in [5, 5.41) is 2.73. The Morgan fingerprint density at radius 3 is 2.11 bits per heavy atom. The van der Waals surface area contributed by atoms with Gasteiger partial charge in [-0.25, -0.2) is 9.69 Å². The van der Waals surface area contributed by atoms with Crippen molar-refractivity contribution >= 4 is 40.8 Å². The highest BCUT2D eigenvalue weighted by Gasteiger charge is 2.39. The lowest BCUT2D eigenvalue weighted by Crippen LogP contribution is -2.33. The maximum atomic E-state index is 13.1. The summed E-state index contributed by atoms with van der Waals surface area (Å²) in [5.41, 5.74) is 5.15. The maximum absolute atomic E-state index is 13.1. The lowest BCUT2D eigenvalue weighted by molar-refractivity contribution is -0.120. The number of esters is 1. The van der Waals surface area contributed by atoms with Crippen LogP contribution in [-0.2, 0) is 9.59 Å². The fourth-order valence-electron chi connectivity index (χ4n) is 4.15.